The van der Waals surface area contributed by atoms with E-state index in [1.807, 2.05) is 54.6 Å². The third-order valence-electron chi connectivity index (χ3n) is 5.71. The molecule has 0 radical (unpaired) electrons. The quantitative estimate of drug-likeness (QED) is 0.410. The molecule has 186 valence electrons. The van der Waals surface area contributed by atoms with Gasteiger partial charge >= 0.3 is 6.03 Å². The highest BCUT2D eigenvalue weighted by Gasteiger charge is 2.21. The summed E-state index contributed by atoms with van der Waals surface area (Å²) in [5.74, 6) is 1.35. The van der Waals surface area contributed by atoms with Gasteiger partial charge in [0.1, 0.15) is 18.2 Å². The van der Waals surface area contributed by atoms with Crippen molar-refractivity contribution >= 4 is 30.2 Å². The smallest absolute Gasteiger partial charge is 0.324 e. The standard InChI is InChI=1S/C26H33N5O3S/c1-26(2,3)23-18-24(31(29-23)20-6-10-22(35)11-7-20)28-25(32)27-19-4-8-21(9-5-19)34-17-14-30-12-15-33-16-13-30/h4-11,18,35H,12-17H2,1-3H3,(H2,27,28,32). The average Bonchev–Trinajstić information content (AvgIpc) is 3.25. The molecule has 1 aromatic heterocycles. The SMILES string of the molecule is CC(C)(C)c1cc(NC(=O)Nc2ccc(OCCN3CCOCC3)cc2)n(-c2ccc(S)cc2)n1. The van der Waals surface area contributed by atoms with Crippen LogP contribution < -0.4 is 15.4 Å². The molecular formula is C26H33N5O3S. The van der Waals surface area contributed by atoms with Gasteiger partial charge in [0, 0.05) is 41.7 Å². The fourth-order valence-corrected chi connectivity index (χ4v) is 3.81. The second-order valence-electron chi connectivity index (χ2n) is 9.50. The summed E-state index contributed by atoms with van der Waals surface area (Å²) >= 11 is 4.36. The molecule has 2 N–H and O–H groups in total. The number of amides is 2. The van der Waals surface area contributed by atoms with Crippen LogP contribution in [0, 0.1) is 0 Å². The highest BCUT2D eigenvalue weighted by Crippen LogP contribution is 2.27. The minimum atomic E-state index is -0.349. The van der Waals surface area contributed by atoms with E-state index in [0.29, 0.717) is 18.1 Å². The van der Waals surface area contributed by atoms with E-state index in [2.05, 4.69) is 48.9 Å². The monoisotopic (exact) mass is 495 g/mol. The largest absolute Gasteiger partial charge is 0.492 e. The highest BCUT2D eigenvalue weighted by atomic mass is 32.1. The fourth-order valence-electron chi connectivity index (χ4n) is 3.66. The molecule has 2 heterocycles. The molecule has 2 amide bonds. The van der Waals surface area contributed by atoms with E-state index in [1.54, 1.807) is 4.68 Å². The van der Waals surface area contributed by atoms with Crippen molar-refractivity contribution in [2.24, 2.45) is 0 Å². The Kier molecular flexibility index (Phi) is 8.00. The summed E-state index contributed by atoms with van der Waals surface area (Å²) in [7, 11) is 0. The van der Waals surface area contributed by atoms with E-state index in [-0.39, 0.29) is 11.4 Å². The molecule has 4 rings (SSSR count). The van der Waals surface area contributed by atoms with Crippen molar-refractivity contribution in [3.8, 4) is 11.4 Å². The van der Waals surface area contributed by atoms with Gasteiger partial charge in [-0.3, -0.25) is 10.2 Å². The lowest BCUT2D eigenvalue weighted by atomic mass is 9.92. The van der Waals surface area contributed by atoms with E-state index in [4.69, 9.17) is 14.6 Å². The molecule has 0 bridgehead atoms. The number of ether oxygens (including phenoxy) is 2. The number of nitrogens with zero attached hydrogens (tertiary/aromatic N) is 3. The van der Waals surface area contributed by atoms with Crippen LogP contribution in [0.1, 0.15) is 26.5 Å². The van der Waals surface area contributed by atoms with Gasteiger partial charge in [0.15, 0.2) is 0 Å². The van der Waals surface area contributed by atoms with Gasteiger partial charge in [0.2, 0.25) is 0 Å². The molecule has 0 unspecified atom stereocenters. The second-order valence-corrected chi connectivity index (χ2v) is 10.0. The van der Waals surface area contributed by atoms with Gasteiger partial charge in [-0.15, -0.1) is 12.6 Å². The third kappa shape index (κ3) is 7.00. The molecule has 1 aliphatic heterocycles. The molecule has 0 spiro atoms. The Balaban J connectivity index is 1.37. The Morgan fingerprint density at radius 1 is 1.06 bits per heavy atom. The van der Waals surface area contributed by atoms with Gasteiger partial charge in [-0.2, -0.15) is 5.10 Å². The van der Waals surface area contributed by atoms with Gasteiger partial charge in [-0.1, -0.05) is 20.8 Å². The van der Waals surface area contributed by atoms with Crippen LogP contribution in [0.5, 0.6) is 5.75 Å². The van der Waals surface area contributed by atoms with Gasteiger partial charge in [0.25, 0.3) is 0 Å². The lowest BCUT2D eigenvalue weighted by Crippen LogP contribution is -2.38. The zero-order valence-electron chi connectivity index (χ0n) is 20.5. The minimum absolute atomic E-state index is 0.167. The Bertz CT molecular complexity index is 1120. The number of aromatic nitrogens is 2. The first-order valence-corrected chi connectivity index (χ1v) is 12.2. The van der Waals surface area contributed by atoms with Crippen molar-refractivity contribution in [2.75, 3.05) is 50.1 Å². The van der Waals surface area contributed by atoms with E-state index in [0.717, 1.165) is 54.9 Å². The van der Waals surface area contributed by atoms with Crippen LogP contribution in [0.4, 0.5) is 16.3 Å². The predicted octanol–water partition coefficient (Wildman–Crippen LogP) is 4.81. The number of hydrogen-bond donors (Lipinski definition) is 3. The van der Waals surface area contributed by atoms with Crippen molar-refractivity contribution in [2.45, 2.75) is 31.1 Å². The molecule has 0 atom stereocenters. The molecule has 1 aliphatic rings. The maximum absolute atomic E-state index is 12.8. The molecular weight excluding hydrogens is 462 g/mol. The molecule has 8 nitrogen and oxygen atoms in total. The van der Waals surface area contributed by atoms with Gasteiger partial charge in [-0.05, 0) is 48.5 Å². The first kappa shape index (κ1) is 25.1. The summed E-state index contributed by atoms with van der Waals surface area (Å²) in [6, 6.07) is 16.5. The van der Waals surface area contributed by atoms with Gasteiger partial charge in [0.05, 0.1) is 24.6 Å². The van der Waals surface area contributed by atoms with E-state index in [9.17, 15) is 4.79 Å². The number of thiol groups is 1. The highest BCUT2D eigenvalue weighted by molar-refractivity contribution is 7.80. The number of morpholine rings is 1. The number of urea groups is 1. The number of nitrogens with one attached hydrogen (secondary N) is 2. The summed E-state index contributed by atoms with van der Waals surface area (Å²) < 4.78 is 12.9. The molecule has 1 fully saturated rings. The van der Waals surface area contributed by atoms with Crippen LogP contribution in [0.2, 0.25) is 0 Å². The lowest BCUT2D eigenvalue weighted by molar-refractivity contribution is 0.0322. The number of carbonyl (C=O) groups excluding carboxylic acids is 1. The number of rotatable bonds is 7. The minimum Gasteiger partial charge on any atom is -0.492 e. The van der Waals surface area contributed by atoms with Crippen molar-refractivity contribution in [1.29, 1.82) is 0 Å². The van der Waals surface area contributed by atoms with Crippen LogP contribution in [0.3, 0.4) is 0 Å². The van der Waals surface area contributed by atoms with Crippen molar-refractivity contribution in [3.63, 3.8) is 0 Å². The van der Waals surface area contributed by atoms with Crippen molar-refractivity contribution in [1.82, 2.24) is 14.7 Å². The molecule has 9 heteroatoms. The summed E-state index contributed by atoms with van der Waals surface area (Å²) in [5.41, 5.74) is 2.22. The summed E-state index contributed by atoms with van der Waals surface area (Å²) in [6.07, 6.45) is 0. The number of benzene rings is 2. The van der Waals surface area contributed by atoms with E-state index in [1.165, 1.54) is 0 Å². The summed E-state index contributed by atoms with van der Waals surface area (Å²) in [4.78, 5) is 16.0. The topological polar surface area (TPSA) is 80.6 Å². The lowest BCUT2D eigenvalue weighted by Gasteiger charge is -2.26. The summed E-state index contributed by atoms with van der Waals surface area (Å²) in [6.45, 7) is 11.2. The fraction of sp³-hybridized carbons (Fsp3) is 0.385. The van der Waals surface area contributed by atoms with Crippen molar-refractivity contribution < 1.29 is 14.3 Å². The zero-order chi connectivity index (χ0) is 24.8. The van der Waals surface area contributed by atoms with Crippen LogP contribution in [-0.4, -0.2) is 60.2 Å². The first-order valence-electron chi connectivity index (χ1n) is 11.8. The van der Waals surface area contributed by atoms with Crippen LogP contribution in [0.25, 0.3) is 5.69 Å². The van der Waals surface area contributed by atoms with Crippen LogP contribution >= 0.6 is 12.6 Å². The maximum atomic E-state index is 12.8. The van der Waals surface area contributed by atoms with Crippen LogP contribution in [-0.2, 0) is 10.2 Å². The van der Waals surface area contributed by atoms with Crippen molar-refractivity contribution in [3.05, 3.63) is 60.3 Å². The molecule has 2 aromatic carbocycles. The molecule has 3 aromatic rings. The Morgan fingerprint density at radius 3 is 2.40 bits per heavy atom. The second kappa shape index (κ2) is 11.2. The normalized spacial score (nSPS) is 14.5. The molecule has 0 saturated carbocycles. The van der Waals surface area contributed by atoms with E-state index >= 15 is 0 Å². The number of anilines is 2. The third-order valence-corrected chi connectivity index (χ3v) is 6.00. The summed E-state index contributed by atoms with van der Waals surface area (Å²) in [5, 5.41) is 10.6. The Morgan fingerprint density at radius 2 is 1.74 bits per heavy atom. The Labute approximate surface area is 212 Å². The Hall–Kier alpha value is -3.01. The number of hydrogen-bond acceptors (Lipinski definition) is 6. The van der Waals surface area contributed by atoms with E-state index < -0.39 is 0 Å². The first-order chi connectivity index (χ1) is 16.8. The van der Waals surface area contributed by atoms with Gasteiger partial charge < -0.3 is 14.8 Å². The zero-order valence-corrected chi connectivity index (χ0v) is 21.3. The number of carbonyl (C=O) groups is 1. The predicted molar refractivity (Wildman–Crippen MR) is 141 cm³/mol. The maximum Gasteiger partial charge on any atom is 0.324 e. The van der Waals surface area contributed by atoms with Gasteiger partial charge in [-0.25, -0.2) is 9.48 Å². The molecule has 0 aliphatic carbocycles. The average molecular weight is 496 g/mol. The van der Waals surface area contributed by atoms with Crippen LogP contribution in [0.15, 0.2) is 59.5 Å². The molecule has 35 heavy (non-hydrogen) atoms. The molecule has 1 saturated heterocycles.